The Morgan fingerprint density at radius 3 is 2.53 bits per heavy atom. The number of aryl methyl sites for hydroxylation is 2. The lowest BCUT2D eigenvalue weighted by Gasteiger charge is -2.06. The summed E-state index contributed by atoms with van der Waals surface area (Å²) in [5.41, 5.74) is 3.50. The van der Waals surface area contributed by atoms with Crippen LogP contribution >= 0.6 is 15.9 Å². The third-order valence-corrected chi connectivity index (χ3v) is 3.76. The molecule has 0 saturated heterocycles. The third kappa shape index (κ3) is 2.96. The molecule has 0 aliphatic rings. The van der Waals surface area contributed by atoms with Gasteiger partial charge in [0.15, 0.2) is 0 Å². The highest BCUT2D eigenvalue weighted by atomic mass is 79.9. The first-order valence-electron chi connectivity index (χ1n) is 5.61. The molecule has 1 heterocycles. The van der Waals surface area contributed by atoms with Crippen LogP contribution in [-0.2, 0) is 20.1 Å². The molecule has 3 nitrogen and oxygen atoms in total. The van der Waals surface area contributed by atoms with Gasteiger partial charge in [-0.3, -0.25) is 4.68 Å². The van der Waals surface area contributed by atoms with Crippen LogP contribution in [-0.4, -0.2) is 9.78 Å². The van der Waals surface area contributed by atoms with Crippen LogP contribution in [0.1, 0.15) is 17.0 Å². The van der Waals surface area contributed by atoms with Gasteiger partial charge in [0.2, 0.25) is 0 Å². The zero-order chi connectivity index (χ0) is 12.3. The van der Waals surface area contributed by atoms with Crippen molar-refractivity contribution in [2.24, 2.45) is 7.05 Å². The Labute approximate surface area is 110 Å². The van der Waals surface area contributed by atoms with Gasteiger partial charge in [-0.25, -0.2) is 0 Å². The first kappa shape index (κ1) is 12.3. The molecule has 4 heteroatoms. The van der Waals surface area contributed by atoms with Crippen molar-refractivity contribution in [2.75, 3.05) is 0 Å². The average Bonchev–Trinajstić information content (AvgIpc) is 2.57. The fourth-order valence-corrected chi connectivity index (χ4v) is 2.27. The van der Waals surface area contributed by atoms with E-state index >= 15 is 0 Å². The molecule has 0 atom stereocenters. The summed E-state index contributed by atoms with van der Waals surface area (Å²) in [6.45, 7) is 3.69. The molecule has 0 amide bonds. The molecule has 0 spiro atoms. The second kappa shape index (κ2) is 5.47. The van der Waals surface area contributed by atoms with Crippen molar-refractivity contribution in [1.29, 1.82) is 0 Å². The highest BCUT2D eigenvalue weighted by molar-refractivity contribution is 9.10. The molecule has 2 aromatic rings. The fraction of sp³-hybridized carbons (Fsp3) is 0.308. The second-order valence-electron chi connectivity index (χ2n) is 4.06. The van der Waals surface area contributed by atoms with Crippen molar-refractivity contribution in [3.63, 3.8) is 0 Å². The van der Waals surface area contributed by atoms with Crippen molar-refractivity contribution in [3.05, 3.63) is 51.8 Å². The van der Waals surface area contributed by atoms with E-state index in [9.17, 15) is 0 Å². The van der Waals surface area contributed by atoms with Gasteiger partial charge in [-0.2, -0.15) is 5.10 Å². The molecular weight excluding hydrogens is 278 g/mol. The van der Waals surface area contributed by atoms with Gasteiger partial charge < -0.3 is 5.32 Å². The minimum Gasteiger partial charge on any atom is -0.307 e. The lowest BCUT2D eigenvalue weighted by atomic mass is 10.2. The average molecular weight is 294 g/mol. The van der Waals surface area contributed by atoms with Crippen molar-refractivity contribution >= 4 is 15.9 Å². The Hall–Kier alpha value is -1.13. The van der Waals surface area contributed by atoms with E-state index in [-0.39, 0.29) is 0 Å². The third-order valence-electron chi connectivity index (χ3n) is 2.73. The predicted octanol–water partition coefficient (Wildman–Crippen LogP) is 2.78. The summed E-state index contributed by atoms with van der Waals surface area (Å²) in [5.74, 6) is 0. The van der Waals surface area contributed by atoms with Gasteiger partial charge in [0.1, 0.15) is 0 Å². The lowest BCUT2D eigenvalue weighted by molar-refractivity contribution is 0.623. The number of hydrogen-bond donors (Lipinski definition) is 1. The molecule has 90 valence electrons. The number of hydrogen-bond acceptors (Lipinski definition) is 2. The van der Waals surface area contributed by atoms with Gasteiger partial charge in [0.05, 0.1) is 15.9 Å². The van der Waals surface area contributed by atoms with Crippen LogP contribution in [0.3, 0.4) is 0 Å². The first-order chi connectivity index (χ1) is 8.18. The number of aromatic nitrogens is 2. The molecule has 0 radical (unpaired) electrons. The maximum absolute atomic E-state index is 4.37. The topological polar surface area (TPSA) is 29.9 Å². The molecule has 1 N–H and O–H groups in total. The maximum Gasteiger partial charge on any atom is 0.0739 e. The largest absolute Gasteiger partial charge is 0.307 e. The Morgan fingerprint density at radius 1 is 1.24 bits per heavy atom. The van der Waals surface area contributed by atoms with E-state index in [0.29, 0.717) is 0 Å². The van der Waals surface area contributed by atoms with Crippen LogP contribution in [0.25, 0.3) is 0 Å². The Kier molecular flexibility index (Phi) is 3.97. The number of nitrogens with zero attached hydrogens (tertiary/aromatic N) is 2. The van der Waals surface area contributed by atoms with Crippen molar-refractivity contribution in [3.8, 4) is 0 Å². The van der Waals surface area contributed by atoms with Gasteiger partial charge in [0.25, 0.3) is 0 Å². The highest BCUT2D eigenvalue weighted by Crippen LogP contribution is 2.19. The minimum absolute atomic E-state index is 0.812. The molecule has 0 fully saturated rings. The Balaban J connectivity index is 1.95. The Bertz CT molecular complexity index is 491. The van der Waals surface area contributed by atoms with Crippen LogP contribution in [0.4, 0.5) is 0 Å². The van der Waals surface area contributed by atoms with Crippen LogP contribution in [0, 0.1) is 6.92 Å². The maximum atomic E-state index is 4.37. The minimum atomic E-state index is 0.812. The molecule has 2 rings (SSSR count). The van der Waals surface area contributed by atoms with Gasteiger partial charge in [-0.15, -0.1) is 0 Å². The number of rotatable bonds is 4. The molecule has 0 aliphatic heterocycles. The van der Waals surface area contributed by atoms with Crippen molar-refractivity contribution < 1.29 is 0 Å². The first-order valence-corrected chi connectivity index (χ1v) is 6.40. The van der Waals surface area contributed by atoms with Gasteiger partial charge in [-0.05, 0) is 28.4 Å². The van der Waals surface area contributed by atoms with E-state index in [1.807, 2.05) is 24.7 Å². The second-order valence-corrected chi connectivity index (χ2v) is 4.85. The molecule has 0 unspecified atom stereocenters. The van der Waals surface area contributed by atoms with Gasteiger partial charge in [-0.1, -0.05) is 30.3 Å². The monoisotopic (exact) mass is 293 g/mol. The molecule has 0 saturated carbocycles. The standard InChI is InChI=1S/C13H16BrN3/c1-10-13(14)12(17(2)16-10)9-15-8-11-6-4-3-5-7-11/h3-7,15H,8-9H2,1-2H3. The highest BCUT2D eigenvalue weighted by Gasteiger charge is 2.09. The molecule has 0 aliphatic carbocycles. The number of nitrogens with one attached hydrogen (secondary N) is 1. The summed E-state index contributed by atoms with van der Waals surface area (Å²) >= 11 is 3.56. The molecule has 0 bridgehead atoms. The lowest BCUT2D eigenvalue weighted by Crippen LogP contribution is -2.15. The van der Waals surface area contributed by atoms with E-state index in [0.717, 1.165) is 23.3 Å². The van der Waals surface area contributed by atoms with E-state index in [4.69, 9.17) is 0 Å². The van der Waals surface area contributed by atoms with E-state index in [2.05, 4.69) is 50.6 Å². The zero-order valence-electron chi connectivity index (χ0n) is 10.1. The number of halogens is 1. The van der Waals surface area contributed by atoms with Crippen molar-refractivity contribution in [1.82, 2.24) is 15.1 Å². The summed E-state index contributed by atoms with van der Waals surface area (Å²) in [6.07, 6.45) is 0. The van der Waals surface area contributed by atoms with Crippen LogP contribution in [0.15, 0.2) is 34.8 Å². The fourth-order valence-electron chi connectivity index (χ4n) is 1.79. The molecular formula is C13H16BrN3. The number of benzene rings is 1. The molecule has 1 aromatic carbocycles. The van der Waals surface area contributed by atoms with Crippen LogP contribution in [0.5, 0.6) is 0 Å². The zero-order valence-corrected chi connectivity index (χ0v) is 11.7. The van der Waals surface area contributed by atoms with Gasteiger partial charge >= 0.3 is 0 Å². The predicted molar refractivity (Wildman–Crippen MR) is 72.6 cm³/mol. The normalized spacial score (nSPS) is 10.8. The summed E-state index contributed by atoms with van der Waals surface area (Å²) < 4.78 is 3.01. The van der Waals surface area contributed by atoms with E-state index in [1.54, 1.807) is 0 Å². The summed E-state index contributed by atoms with van der Waals surface area (Å²) in [5, 5.41) is 7.79. The smallest absolute Gasteiger partial charge is 0.0739 e. The van der Waals surface area contributed by atoms with E-state index in [1.165, 1.54) is 11.3 Å². The van der Waals surface area contributed by atoms with Crippen LogP contribution < -0.4 is 5.32 Å². The summed E-state index contributed by atoms with van der Waals surface area (Å²) in [7, 11) is 1.97. The van der Waals surface area contributed by atoms with Crippen LogP contribution in [0.2, 0.25) is 0 Å². The van der Waals surface area contributed by atoms with Crippen molar-refractivity contribution in [2.45, 2.75) is 20.0 Å². The molecule has 17 heavy (non-hydrogen) atoms. The Morgan fingerprint density at radius 2 is 1.94 bits per heavy atom. The quantitative estimate of drug-likeness (QED) is 0.939. The SMILES string of the molecule is Cc1nn(C)c(CNCc2ccccc2)c1Br. The summed E-state index contributed by atoms with van der Waals surface area (Å²) in [4.78, 5) is 0. The summed E-state index contributed by atoms with van der Waals surface area (Å²) in [6, 6.07) is 10.4. The van der Waals surface area contributed by atoms with E-state index < -0.39 is 0 Å². The van der Waals surface area contributed by atoms with Gasteiger partial charge in [0, 0.05) is 20.1 Å². The molecule has 1 aromatic heterocycles.